The first-order chi connectivity index (χ1) is 8.13. The van der Waals surface area contributed by atoms with E-state index in [1.165, 1.54) is 12.3 Å². The van der Waals surface area contributed by atoms with Crippen molar-refractivity contribution in [3.63, 3.8) is 0 Å². The van der Waals surface area contributed by atoms with Crippen molar-refractivity contribution in [2.45, 2.75) is 18.9 Å². The van der Waals surface area contributed by atoms with Crippen molar-refractivity contribution in [3.8, 4) is 0 Å². The summed E-state index contributed by atoms with van der Waals surface area (Å²) in [6.45, 7) is 0.621. The van der Waals surface area contributed by atoms with Crippen molar-refractivity contribution in [1.82, 2.24) is 9.88 Å². The molecule has 6 nitrogen and oxygen atoms in total. The number of aromatic nitrogens is 1. The van der Waals surface area contributed by atoms with Crippen LogP contribution in [0.2, 0.25) is 0 Å². The molecule has 2 rings (SSSR count). The minimum absolute atomic E-state index is 0.0806. The molecule has 1 aliphatic carbocycles. The molecule has 1 aromatic rings. The van der Waals surface area contributed by atoms with Crippen LogP contribution < -0.4 is 0 Å². The quantitative estimate of drug-likeness (QED) is 0.512. The Morgan fingerprint density at radius 1 is 1.65 bits per heavy atom. The highest BCUT2D eigenvalue weighted by atomic mass is 79.9. The maximum atomic E-state index is 12.1. The number of carbonyl (C=O) groups is 1. The number of rotatable bonds is 5. The Hall–Kier alpha value is -1.37. The smallest absolute Gasteiger partial charge is 0.287 e. The lowest BCUT2D eigenvalue weighted by atomic mass is 10.3. The molecule has 1 aliphatic rings. The molecule has 0 spiro atoms. The van der Waals surface area contributed by atoms with E-state index < -0.39 is 4.92 Å². The lowest BCUT2D eigenvalue weighted by Gasteiger charge is -2.20. The summed E-state index contributed by atoms with van der Waals surface area (Å²) in [5, 5.41) is 11.2. The molecule has 1 fully saturated rings. The van der Waals surface area contributed by atoms with Crippen LogP contribution in [0, 0.1) is 10.1 Å². The number of nitro groups is 1. The maximum absolute atomic E-state index is 12.1. The van der Waals surface area contributed by atoms with Crippen LogP contribution in [0.1, 0.15) is 23.3 Å². The van der Waals surface area contributed by atoms with Gasteiger partial charge in [0.2, 0.25) is 0 Å². The Bertz CT molecular complexity index is 442. The Morgan fingerprint density at radius 2 is 2.35 bits per heavy atom. The van der Waals surface area contributed by atoms with E-state index in [0.29, 0.717) is 17.9 Å². The zero-order valence-electron chi connectivity index (χ0n) is 9.06. The molecule has 1 aromatic heterocycles. The van der Waals surface area contributed by atoms with E-state index in [1.54, 1.807) is 4.90 Å². The molecule has 0 saturated heterocycles. The van der Waals surface area contributed by atoms with Crippen LogP contribution in [0.3, 0.4) is 0 Å². The van der Waals surface area contributed by atoms with Crippen LogP contribution >= 0.6 is 15.9 Å². The van der Waals surface area contributed by atoms with Crippen molar-refractivity contribution >= 4 is 27.5 Å². The zero-order valence-corrected chi connectivity index (χ0v) is 10.6. The number of hydrogen-bond donors (Lipinski definition) is 1. The first-order valence-electron chi connectivity index (χ1n) is 5.33. The van der Waals surface area contributed by atoms with Gasteiger partial charge in [-0.15, -0.1) is 0 Å². The summed E-state index contributed by atoms with van der Waals surface area (Å²) in [5.41, 5.74) is 0.201. The third-order valence-electron chi connectivity index (χ3n) is 2.68. The molecule has 1 heterocycles. The van der Waals surface area contributed by atoms with Crippen LogP contribution in [0.15, 0.2) is 12.3 Å². The summed E-state index contributed by atoms with van der Waals surface area (Å²) >= 11 is 3.30. The molecule has 1 saturated carbocycles. The van der Waals surface area contributed by atoms with E-state index in [2.05, 4.69) is 20.9 Å². The predicted molar refractivity (Wildman–Crippen MR) is 65.3 cm³/mol. The normalized spacial score (nSPS) is 14.6. The van der Waals surface area contributed by atoms with Gasteiger partial charge in [0.1, 0.15) is 5.69 Å². The molecule has 1 amide bonds. The Balaban J connectivity index is 2.13. The predicted octanol–water partition coefficient (Wildman–Crippen LogP) is 1.92. The number of amides is 1. The highest BCUT2D eigenvalue weighted by Gasteiger charge is 2.33. The van der Waals surface area contributed by atoms with E-state index in [1.807, 2.05) is 0 Å². The number of nitrogens with one attached hydrogen (secondary N) is 1. The third-order valence-corrected chi connectivity index (χ3v) is 3.04. The van der Waals surface area contributed by atoms with Crippen molar-refractivity contribution in [3.05, 3.63) is 28.1 Å². The standard InChI is InChI=1S/C10H12BrN3O3/c11-3-4-13(7-1-2-7)10(15)9-5-8(6-12-9)14(16)17/h5-7,12H,1-4H2. The number of halogens is 1. The average molecular weight is 302 g/mol. The Labute approximate surface area is 106 Å². The van der Waals surface area contributed by atoms with Gasteiger partial charge in [-0.1, -0.05) is 15.9 Å². The molecule has 17 heavy (non-hydrogen) atoms. The Kier molecular flexibility index (Phi) is 3.46. The van der Waals surface area contributed by atoms with E-state index in [9.17, 15) is 14.9 Å². The first-order valence-corrected chi connectivity index (χ1v) is 6.45. The van der Waals surface area contributed by atoms with E-state index in [4.69, 9.17) is 0 Å². The summed E-state index contributed by atoms with van der Waals surface area (Å²) in [6.07, 6.45) is 3.27. The van der Waals surface area contributed by atoms with Gasteiger partial charge in [0.25, 0.3) is 11.6 Å². The molecule has 0 radical (unpaired) electrons. The monoisotopic (exact) mass is 301 g/mol. The van der Waals surface area contributed by atoms with Crippen LogP contribution in [0.4, 0.5) is 5.69 Å². The summed E-state index contributed by atoms with van der Waals surface area (Å²) in [5.74, 6) is -0.167. The molecule has 7 heteroatoms. The topological polar surface area (TPSA) is 79.2 Å². The fraction of sp³-hybridized carbons (Fsp3) is 0.500. The van der Waals surface area contributed by atoms with Gasteiger partial charge >= 0.3 is 0 Å². The van der Waals surface area contributed by atoms with Gasteiger partial charge in [0, 0.05) is 24.0 Å². The number of aromatic amines is 1. The minimum atomic E-state index is -0.515. The number of carbonyl (C=O) groups excluding carboxylic acids is 1. The molecule has 92 valence electrons. The molecule has 0 atom stereocenters. The fourth-order valence-corrected chi connectivity index (χ4v) is 2.08. The van der Waals surface area contributed by atoms with Gasteiger partial charge < -0.3 is 9.88 Å². The van der Waals surface area contributed by atoms with Crippen LogP contribution in [0.25, 0.3) is 0 Å². The second kappa shape index (κ2) is 4.87. The molecule has 0 bridgehead atoms. The summed E-state index contributed by atoms with van der Waals surface area (Å²) in [4.78, 5) is 26.5. The van der Waals surface area contributed by atoms with Crippen molar-refractivity contribution in [2.75, 3.05) is 11.9 Å². The minimum Gasteiger partial charge on any atom is -0.351 e. The number of alkyl halides is 1. The number of hydrogen-bond acceptors (Lipinski definition) is 3. The van der Waals surface area contributed by atoms with Gasteiger partial charge in [-0.05, 0) is 12.8 Å². The van der Waals surface area contributed by atoms with Crippen LogP contribution in [0.5, 0.6) is 0 Å². The van der Waals surface area contributed by atoms with Gasteiger partial charge in [-0.2, -0.15) is 0 Å². The number of H-pyrrole nitrogens is 1. The molecule has 0 aliphatic heterocycles. The van der Waals surface area contributed by atoms with Crippen molar-refractivity contribution in [1.29, 1.82) is 0 Å². The molecule has 0 aromatic carbocycles. The van der Waals surface area contributed by atoms with Crippen molar-refractivity contribution in [2.24, 2.45) is 0 Å². The molecular weight excluding hydrogens is 290 g/mol. The van der Waals surface area contributed by atoms with Gasteiger partial charge in [0.15, 0.2) is 0 Å². The summed E-state index contributed by atoms with van der Waals surface area (Å²) < 4.78 is 0. The largest absolute Gasteiger partial charge is 0.351 e. The lowest BCUT2D eigenvalue weighted by molar-refractivity contribution is -0.384. The summed E-state index contributed by atoms with van der Waals surface area (Å²) in [7, 11) is 0. The molecule has 1 N–H and O–H groups in total. The fourth-order valence-electron chi connectivity index (χ4n) is 1.69. The van der Waals surface area contributed by atoms with E-state index in [0.717, 1.165) is 12.8 Å². The SMILES string of the molecule is O=C(c1cc([N+](=O)[O-])c[nH]1)N(CCBr)C1CC1. The van der Waals surface area contributed by atoms with E-state index >= 15 is 0 Å². The van der Waals surface area contributed by atoms with Gasteiger partial charge in [-0.3, -0.25) is 14.9 Å². The first kappa shape index (κ1) is 12.1. The van der Waals surface area contributed by atoms with Crippen LogP contribution in [-0.2, 0) is 0 Å². The molecular formula is C10H12BrN3O3. The summed E-state index contributed by atoms with van der Waals surface area (Å²) in [6, 6.07) is 1.58. The third kappa shape index (κ3) is 2.66. The maximum Gasteiger partial charge on any atom is 0.287 e. The lowest BCUT2D eigenvalue weighted by Crippen LogP contribution is -2.34. The second-order valence-electron chi connectivity index (χ2n) is 3.95. The highest BCUT2D eigenvalue weighted by Crippen LogP contribution is 2.28. The zero-order chi connectivity index (χ0) is 12.4. The van der Waals surface area contributed by atoms with Crippen LogP contribution in [-0.4, -0.2) is 38.6 Å². The van der Waals surface area contributed by atoms with E-state index in [-0.39, 0.29) is 17.3 Å². The molecule has 0 unspecified atom stereocenters. The Morgan fingerprint density at radius 3 is 2.82 bits per heavy atom. The number of nitrogens with zero attached hydrogens (tertiary/aromatic N) is 2. The average Bonchev–Trinajstić information content (AvgIpc) is 3.00. The highest BCUT2D eigenvalue weighted by molar-refractivity contribution is 9.09. The van der Waals surface area contributed by atoms with Gasteiger partial charge in [-0.25, -0.2) is 0 Å². The van der Waals surface area contributed by atoms with Crippen molar-refractivity contribution < 1.29 is 9.72 Å². The van der Waals surface area contributed by atoms with Gasteiger partial charge in [0.05, 0.1) is 11.1 Å². The second-order valence-corrected chi connectivity index (χ2v) is 4.74.